The van der Waals surface area contributed by atoms with Gasteiger partial charge in [-0.05, 0) is 30.3 Å². The molecule has 0 amide bonds. The molecule has 0 N–H and O–H groups in total. The van der Waals surface area contributed by atoms with E-state index in [2.05, 4.69) is 16.8 Å². The summed E-state index contributed by atoms with van der Waals surface area (Å²) in [5.74, 6) is 1.52. The normalized spacial score (nSPS) is 10.4. The van der Waals surface area contributed by atoms with Crippen LogP contribution in [0.3, 0.4) is 0 Å². The number of hydrogen-bond acceptors (Lipinski definition) is 4. The largest absolute Gasteiger partial charge is 0.490 e. The Kier molecular flexibility index (Phi) is 4.21. The highest BCUT2D eigenvalue weighted by Gasteiger charge is 2.13. The maximum absolute atomic E-state index is 6.14. The van der Waals surface area contributed by atoms with Gasteiger partial charge in [-0.2, -0.15) is 0 Å². The van der Waals surface area contributed by atoms with Gasteiger partial charge < -0.3 is 9.15 Å². The molecule has 110 valence electrons. The zero-order chi connectivity index (χ0) is 15.4. The van der Waals surface area contributed by atoms with E-state index >= 15 is 0 Å². The first-order chi connectivity index (χ1) is 10.8. The predicted molar refractivity (Wildman–Crippen MR) is 85.9 cm³/mol. The Bertz CT molecular complexity index is 799. The standard InChI is InChI=1S/C17H13ClN2O2/c1-2-10-21-13-7-5-6-12(11-13)16-19-20-17(22-16)14-8-3-4-9-15(14)18/h2-9,11H,1,10H2. The molecule has 0 aliphatic rings. The average molecular weight is 313 g/mol. The number of benzene rings is 2. The summed E-state index contributed by atoms with van der Waals surface area (Å²) in [4.78, 5) is 0. The van der Waals surface area contributed by atoms with E-state index in [-0.39, 0.29) is 0 Å². The van der Waals surface area contributed by atoms with Crippen molar-refractivity contribution in [1.82, 2.24) is 10.2 Å². The summed E-state index contributed by atoms with van der Waals surface area (Å²) in [6.07, 6.45) is 1.69. The van der Waals surface area contributed by atoms with E-state index in [0.717, 1.165) is 11.3 Å². The first kappa shape index (κ1) is 14.4. The summed E-state index contributed by atoms with van der Waals surface area (Å²) in [6, 6.07) is 14.8. The lowest BCUT2D eigenvalue weighted by Gasteiger charge is -2.03. The number of ether oxygens (including phenoxy) is 1. The van der Waals surface area contributed by atoms with Crippen LogP contribution >= 0.6 is 11.6 Å². The minimum Gasteiger partial charge on any atom is -0.490 e. The third-order valence-electron chi connectivity index (χ3n) is 2.98. The molecule has 0 aliphatic heterocycles. The highest BCUT2D eigenvalue weighted by Crippen LogP contribution is 2.30. The fourth-order valence-electron chi connectivity index (χ4n) is 1.96. The van der Waals surface area contributed by atoms with Crippen molar-refractivity contribution in [2.24, 2.45) is 0 Å². The molecule has 0 unspecified atom stereocenters. The van der Waals surface area contributed by atoms with Crippen LogP contribution in [0, 0.1) is 0 Å². The summed E-state index contributed by atoms with van der Waals surface area (Å²) in [6.45, 7) is 4.07. The van der Waals surface area contributed by atoms with E-state index in [0.29, 0.717) is 29.0 Å². The molecule has 0 bridgehead atoms. The van der Waals surface area contributed by atoms with Gasteiger partial charge in [0.1, 0.15) is 12.4 Å². The molecule has 2 aromatic carbocycles. The smallest absolute Gasteiger partial charge is 0.249 e. The van der Waals surface area contributed by atoms with Crippen LogP contribution in [0.4, 0.5) is 0 Å². The van der Waals surface area contributed by atoms with Crippen molar-refractivity contribution in [1.29, 1.82) is 0 Å². The summed E-state index contributed by atoms with van der Waals surface area (Å²) < 4.78 is 11.2. The van der Waals surface area contributed by atoms with Crippen LogP contribution in [0.2, 0.25) is 5.02 Å². The molecule has 0 saturated carbocycles. The second kappa shape index (κ2) is 6.45. The van der Waals surface area contributed by atoms with Crippen LogP contribution in [0.1, 0.15) is 0 Å². The lowest BCUT2D eigenvalue weighted by molar-refractivity contribution is 0.363. The van der Waals surface area contributed by atoms with Gasteiger partial charge in [-0.1, -0.05) is 42.5 Å². The highest BCUT2D eigenvalue weighted by atomic mass is 35.5. The Labute approximate surface area is 133 Å². The van der Waals surface area contributed by atoms with Crippen molar-refractivity contribution >= 4 is 11.6 Å². The number of hydrogen-bond donors (Lipinski definition) is 0. The molecule has 1 heterocycles. The van der Waals surface area contributed by atoms with Gasteiger partial charge in [-0.3, -0.25) is 0 Å². The molecule has 5 heteroatoms. The lowest BCUT2D eigenvalue weighted by atomic mass is 10.2. The Morgan fingerprint density at radius 1 is 1.09 bits per heavy atom. The molecule has 0 fully saturated rings. The van der Waals surface area contributed by atoms with Crippen LogP contribution < -0.4 is 4.74 Å². The van der Waals surface area contributed by atoms with Gasteiger partial charge in [0, 0.05) is 5.56 Å². The molecule has 22 heavy (non-hydrogen) atoms. The molecule has 0 aliphatic carbocycles. The molecule has 0 spiro atoms. The Hall–Kier alpha value is -2.59. The van der Waals surface area contributed by atoms with Gasteiger partial charge in [0.05, 0.1) is 10.6 Å². The van der Waals surface area contributed by atoms with Crippen molar-refractivity contribution < 1.29 is 9.15 Å². The van der Waals surface area contributed by atoms with Gasteiger partial charge in [-0.15, -0.1) is 10.2 Å². The van der Waals surface area contributed by atoms with Gasteiger partial charge >= 0.3 is 0 Å². The molecular weight excluding hydrogens is 300 g/mol. The van der Waals surface area contributed by atoms with E-state index in [9.17, 15) is 0 Å². The van der Waals surface area contributed by atoms with Crippen molar-refractivity contribution in [2.45, 2.75) is 0 Å². The molecule has 4 nitrogen and oxygen atoms in total. The molecule has 3 rings (SSSR count). The van der Waals surface area contributed by atoms with Crippen LogP contribution in [0.25, 0.3) is 22.9 Å². The van der Waals surface area contributed by atoms with Crippen LogP contribution in [0.15, 0.2) is 65.6 Å². The quantitative estimate of drug-likeness (QED) is 0.645. The average Bonchev–Trinajstić information content (AvgIpc) is 3.03. The zero-order valence-electron chi connectivity index (χ0n) is 11.7. The lowest BCUT2D eigenvalue weighted by Crippen LogP contribution is -1.92. The number of rotatable bonds is 5. The second-order valence-electron chi connectivity index (χ2n) is 4.52. The molecule has 1 aromatic heterocycles. The highest BCUT2D eigenvalue weighted by molar-refractivity contribution is 6.33. The minimum absolute atomic E-state index is 0.387. The maximum atomic E-state index is 6.14. The zero-order valence-corrected chi connectivity index (χ0v) is 12.5. The molecule has 0 atom stereocenters. The molecule has 0 radical (unpaired) electrons. The monoisotopic (exact) mass is 312 g/mol. The van der Waals surface area contributed by atoms with E-state index in [1.807, 2.05) is 42.5 Å². The number of nitrogens with zero attached hydrogens (tertiary/aromatic N) is 2. The minimum atomic E-state index is 0.387. The SMILES string of the molecule is C=CCOc1cccc(-c2nnc(-c3ccccc3Cl)o2)c1. The summed E-state index contributed by atoms with van der Waals surface area (Å²) in [5, 5.41) is 8.70. The summed E-state index contributed by atoms with van der Waals surface area (Å²) in [5.41, 5.74) is 1.49. The van der Waals surface area contributed by atoms with Crippen LogP contribution in [-0.2, 0) is 0 Å². The molecular formula is C17H13ClN2O2. The van der Waals surface area contributed by atoms with E-state index in [4.69, 9.17) is 20.8 Å². The number of aromatic nitrogens is 2. The fourth-order valence-corrected chi connectivity index (χ4v) is 2.17. The van der Waals surface area contributed by atoms with Gasteiger partial charge in [0.2, 0.25) is 11.8 Å². The Morgan fingerprint density at radius 3 is 2.73 bits per heavy atom. The molecule has 3 aromatic rings. The molecule has 0 saturated heterocycles. The second-order valence-corrected chi connectivity index (χ2v) is 4.93. The predicted octanol–water partition coefficient (Wildman–Crippen LogP) is 4.62. The third-order valence-corrected chi connectivity index (χ3v) is 3.31. The third kappa shape index (κ3) is 3.02. The van der Waals surface area contributed by atoms with Crippen molar-refractivity contribution in [3.8, 4) is 28.7 Å². The maximum Gasteiger partial charge on any atom is 0.249 e. The van der Waals surface area contributed by atoms with Crippen molar-refractivity contribution in [3.63, 3.8) is 0 Å². The summed E-state index contributed by atoms with van der Waals surface area (Å²) in [7, 11) is 0. The van der Waals surface area contributed by atoms with Gasteiger partial charge in [0.15, 0.2) is 0 Å². The first-order valence-electron chi connectivity index (χ1n) is 6.70. The number of halogens is 1. The van der Waals surface area contributed by atoms with E-state index in [1.54, 1.807) is 12.1 Å². The van der Waals surface area contributed by atoms with Gasteiger partial charge in [-0.25, -0.2) is 0 Å². The van der Waals surface area contributed by atoms with E-state index in [1.165, 1.54) is 0 Å². The van der Waals surface area contributed by atoms with Crippen LogP contribution in [0.5, 0.6) is 5.75 Å². The van der Waals surface area contributed by atoms with Crippen molar-refractivity contribution in [2.75, 3.05) is 6.61 Å². The van der Waals surface area contributed by atoms with Crippen LogP contribution in [-0.4, -0.2) is 16.8 Å². The summed E-state index contributed by atoms with van der Waals surface area (Å²) >= 11 is 6.14. The topological polar surface area (TPSA) is 48.2 Å². The fraction of sp³-hybridized carbons (Fsp3) is 0.0588. The van der Waals surface area contributed by atoms with Gasteiger partial charge in [0.25, 0.3) is 0 Å². The Balaban J connectivity index is 1.91. The first-order valence-corrected chi connectivity index (χ1v) is 7.08. The van der Waals surface area contributed by atoms with Crippen molar-refractivity contribution in [3.05, 3.63) is 66.2 Å². The van der Waals surface area contributed by atoms with E-state index < -0.39 is 0 Å². The Morgan fingerprint density at radius 2 is 1.91 bits per heavy atom.